The quantitative estimate of drug-likeness (QED) is 0.769. The Kier molecular flexibility index (Phi) is 5.35. The van der Waals surface area contributed by atoms with Gasteiger partial charge in [0.15, 0.2) is 5.69 Å². The molecule has 0 saturated carbocycles. The Balaban J connectivity index is 2.36. The van der Waals surface area contributed by atoms with Crippen LogP contribution in [0.2, 0.25) is 0 Å². The first-order valence-corrected chi connectivity index (χ1v) is 8.08. The topological polar surface area (TPSA) is 116 Å². The van der Waals surface area contributed by atoms with Gasteiger partial charge in [0.05, 0.1) is 17.0 Å². The Morgan fingerprint density at radius 3 is 2.67 bits per heavy atom. The number of rotatable bonds is 6. The van der Waals surface area contributed by atoms with Crippen molar-refractivity contribution in [2.24, 2.45) is 12.8 Å². The molecule has 8 nitrogen and oxygen atoms in total. The largest absolute Gasteiger partial charge is 0.462 e. The molecule has 9 heteroatoms. The predicted octanol–water partition coefficient (Wildman–Crippen LogP) is 1.71. The number of nitrogens with one attached hydrogen (secondary N) is 1. The number of carbonyl (C=O) groups is 3. The van der Waals surface area contributed by atoms with Crippen LogP contribution in [0.5, 0.6) is 0 Å². The van der Waals surface area contributed by atoms with Gasteiger partial charge in [0.25, 0.3) is 11.8 Å². The van der Waals surface area contributed by atoms with Crippen molar-refractivity contribution in [1.82, 2.24) is 9.78 Å². The molecule has 0 saturated heterocycles. The number of hydrogen-bond acceptors (Lipinski definition) is 6. The van der Waals surface area contributed by atoms with Crippen LogP contribution < -0.4 is 11.1 Å². The maximum absolute atomic E-state index is 12.3. The van der Waals surface area contributed by atoms with Crippen molar-refractivity contribution < 1.29 is 19.1 Å². The van der Waals surface area contributed by atoms with Gasteiger partial charge in [-0.3, -0.25) is 14.3 Å². The van der Waals surface area contributed by atoms with Crippen LogP contribution in [0.15, 0.2) is 12.3 Å². The molecule has 2 amide bonds. The van der Waals surface area contributed by atoms with E-state index in [0.717, 1.165) is 11.3 Å². The highest BCUT2D eigenvalue weighted by Gasteiger charge is 2.26. The van der Waals surface area contributed by atoms with E-state index in [0.29, 0.717) is 12.0 Å². The summed E-state index contributed by atoms with van der Waals surface area (Å²) in [5.74, 6) is -1.76. The summed E-state index contributed by atoms with van der Waals surface area (Å²) in [7, 11) is 1.69. The van der Waals surface area contributed by atoms with Gasteiger partial charge in [0.1, 0.15) is 5.00 Å². The summed E-state index contributed by atoms with van der Waals surface area (Å²) in [4.78, 5) is 36.3. The number of esters is 1. The van der Waals surface area contributed by atoms with Crippen molar-refractivity contribution in [2.75, 3.05) is 11.9 Å². The molecular formula is C15H18N4O4S. The average Bonchev–Trinajstić information content (AvgIpc) is 3.09. The summed E-state index contributed by atoms with van der Waals surface area (Å²) in [6.07, 6.45) is 2.28. The molecule has 2 aromatic rings. The number of aryl methyl sites for hydroxylation is 1. The number of nitrogens with two attached hydrogens (primary N) is 1. The SMILES string of the molecule is CCCOC(=O)c1c(NC(=O)c2ccn(C)n2)sc(C(N)=O)c1C. The Bertz CT molecular complexity index is 793. The smallest absolute Gasteiger partial charge is 0.341 e. The van der Waals surface area contributed by atoms with E-state index in [1.54, 1.807) is 26.2 Å². The lowest BCUT2D eigenvalue weighted by molar-refractivity contribution is 0.0506. The maximum atomic E-state index is 12.3. The van der Waals surface area contributed by atoms with Crippen LogP contribution in [0.4, 0.5) is 5.00 Å². The van der Waals surface area contributed by atoms with Gasteiger partial charge in [0, 0.05) is 13.2 Å². The third kappa shape index (κ3) is 3.62. The molecule has 128 valence electrons. The van der Waals surface area contributed by atoms with Gasteiger partial charge >= 0.3 is 5.97 Å². The minimum absolute atomic E-state index is 0.145. The summed E-state index contributed by atoms with van der Waals surface area (Å²) in [6, 6.07) is 1.54. The molecule has 0 aliphatic heterocycles. The van der Waals surface area contributed by atoms with E-state index in [1.807, 2.05) is 6.92 Å². The molecule has 0 unspecified atom stereocenters. The third-order valence-corrected chi connectivity index (χ3v) is 4.41. The molecule has 0 atom stereocenters. The summed E-state index contributed by atoms with van der Waals surface area (Å²) in [6.45, 7) is 3.70. The highest BCUT2D eigenvalue weighted by Crippen LogP contribution is 2.33. The molecule has 0 aliphatic rings. The highest BCUT2D eigenvalue weighted by molar-refractivity contribution is 7.18. The highest BCUT2D eigenvalue weighted by atomic mass is 32.1. The second-order valence-corrected chi connectivity index (χ2v) is 6.11. The van der Waals surface area contributed by atoms with Gasteiger partial charge in [-0.2, -0.15) is 5.10 Å². The fourth-order valence-corrected chi connectivity index (χ4v) is 3.09. The predicted molar refractivity (Wildman–Crippen MR) is 89.3 cm³/mol. The Morgan fingerprint density at radius 2 is 2.12 bits per heavy atom. The average molecular weight is 350 g/mol. The van der Waals surface area contributed by atoms with Crippen molar-refractivity contribution >= 4 is 34.1 Å². The molecule has 0 aliphatic carbocycles. The fourth-order valence-electron chi connectivity index (χ4n) is 2.05. The monoisotopic (exact) mass is 350 g/mol. The zero-order valence-corrected chi connectivity index (χ0v) is 14.4. The molecule has 0 spiro atoms. The molecular weight excluding hydrogens is 332 g/mol. The normalized spacial score (nSPS) is 10.5. The molecule has 2 rings (SSSR count). The minimum Gasteiger partial charge on any atom is -0.462 e. The first-order chi connectivity index (χ1) is 11.3. The van der Waals surface area contributed by atoms with Crippen LogP contribution in [0.3, 0.4) is 0 Å². The van der Waals surface area contributed by atoms with Gasteiger partial charge in [-0.15, -0.1) is 11.3 Å². The van der Waals surface area contributed by atoms with Crippen LogP contribution in [-0.2, 0) is 11.8 Å². The van der Waals surface area contributed by atoms with Crippen molar-refractivity contribution in [3.05, 3.63) is 34.0 Å². The van der Waals surface area contributed by atoms with Gasteiger partial charge < -0.3 is 15.8 Å². The van der Waals surface area contributed by atoms with Gasteiger partial charge in [-0.05, 0) is 25.0 Å². The zero-order chi connectivity index (χ0) is 17.9. The van der Waals surface area contributed by atoms with Crippen molar-refractivity contribution in [1.29, 1.82) is 0 Å². The van der Waals surface area contributed by atoms with Crippen LogP contribution in [0.25, 0.3) is 0 Å². The molecule has 0 aromatic carbocycles. The molecule has 2 heterocycles. The van der Waals surface area contributed by atoms with Gasteiger partial charge in [-0.25, -0.2) is 4.79 Å². The van der Waals surface area contributed by atoms with Crippen molar-refractivity contribution in [2.45, 2.75) is 20.3 Å². The lowest BCUT2D eigenvalue weighted by Gasteiger charge is -2.06. The number of hydrogen-bond donors (Lipinski definition) is 2. The minimum atomic E-state index is -0.666. The van der Waals surface area contributed by atoms with E-state index in [4.69, 9.17) is 10.5 Å². The van der Waals surface area contributed by atoms with Crippen LogP contribution in [-0.4, -0.2) is 34.2 Å². The van der Waals surface area contributed by atoms with E-state index < -0.39 is 17.8 Å². The number of amides is 2. The van der Waals surface area contributed by atoms with Crippen LogP contribution >= 0.6 is 11.3 Å². The first-order valence-electron chi connectivity index (χ1n) is 7.26. The lowest BCUT2D eigenvalue weighted by atomic mass is 10.1. The van der Waals surface area contributed by atoms with E-state index in [-0.39, 0.29) is 27.7 Å². The number of carbonyl (C=O) groups excluding carboxylic acids is 3. The number of anilines is 1. The van der Waals surface area contributed by atoms with E-state index in [2.05, 4.69) is 10.4 Å². The molecule has 0 fully saturated rings. The summed E-state index contributed by atoms with van der Waals surface area (Å²) in [5.41, 5.74) is 6.06. The van der Waals surface area contributed by atoms with Gasteiger partial charge in [-0.1, -0.05) is 6.92 Å². The molecule has 0 bridgehead atoms. The summed E-state index contributed by atoms with van der Waals surface area (Å²) >= 11 is 0.944. The van der Waals surface area contributed by atoms with Crippen molar-refractivity contribution in [3.8, 4) is 0 Å². The number of nitrogens with zero attached hydrogens (tertiary/aromatic N) is 2. The first kappa shape index (κ1) is 17.7. The van der Waals surface area contributed by atoms with E-state index in [1.165, 1.54) is 4.68 Å². The Hall–Kier alpha value is -2.68. The van der Waals surface area contributed by atoms with Crippen LogP contribution in [0.1, 0.15) is 49.4 Å². The Labute approximate surface area is 142 Å². The lowest BCUT2D eigenvalue weighted by Crippen LogP contribution is -2.16. The second kappa shape index (κ2) is 7.26. The van der Waals surface area contributed by atoms with E-state index >= 15 is 0 Å². The fraction of sp³-hybridized carbons (Fsp3) is 0.333. The third-order valence-electron chi connectivity index (χ3n) is 3.19. The number of aromatic nitrogens is 2. The molecule has 0 radical (unpaired) electrons. The molecule has 3 N–H and O–H groups in total. The number of ether oxygens (including phenoxy) is 1. The molecule has 24 heavy (non-hydrogen) atoms. The second-order valence-electron chi connectivity index (χ2n) is 5.09. The molecule has 2 aromatic heterocycles. The van der Waals surface area contributed by atoms with E-state index in [9.17, 15) is 14.4 Å². The van der Waals surface area contributed by atoms with Crippen molar-refractivity contribution in [3.63, 3.8) is 0 Å². The standard InChI is InChI=1S/C15H18N4O4S/c1-4-7-23-15(22)10-8(2)11(12(16)20)24-14(10)17-13(21)9-5-6-19(3)18-9/h5-6H,4,7H2,1-3H3,(H2,16,20)(H,17,21). The number of primary amides is 1. The zero-order valence-electron chi connectivity index (χ0n) is 13.6. The van der Waals surface area contributed by atoms with Gasteiger partial charge in [0.2, 0.25) is 0 Å². The number of thiophene rings is 1. The maximum Gasteiger partial charge on any atom is 0.341 e. The van der Waals surface area contributed by atoms with Crippen LogP contribution in [0, 0.1) is 6.92 Å². The summed E-state index contributed by atoms with van der Waals surface area (Å²) in [5, 5.41) is 6.83. The summed E-state index contributed by atoms with van der Waals surface area (Å²) < 4.78 is 6.61. The Morgan fingerprint density at radius 1 is 1.42 bits per heavy atom.